The zero-order chi connectivity index (χ0) is 15.6. The molecule has 5 nitrogen and oxygen atoms in total. The van der Waals surface area contributed by atoms with Crippen molar-refractivity contribution in [1.82, 2.24) is 4.90 Å². The van der Waals surface area contributed by atoms with Crippen molar-refractivity contribution in [2.24, 2.45) is 17.0 Å². The lowest BCUT2D eigenvalue weighted by atomic mass is 9.92. The largest absolute Gasteiger partial charge is 0.348 e. The summed E-state index contributed by atoms with van der Waals surface area (Å²) >= 11 is 5.44. The molecule has 21 heavy (non-hydrogen) atoms. The number of sulfonamides is 1. The first kappa shape index (κ1) is 16.2. The molecule has 2 atom stereocenters. The molecule has 1 aliphatic heterocycles. The van der Waals surface area contributed by atoms with Crippen molar-refractivity contribution < 1.29 is 8.42 Å². The van der Waals surface area contributed by atoms with Gasteiger partial charge in [0.1, 0.15) is 0 Å². The minimum atomic E-state index is -3.65. The van der Waals surface area contributed by atoms with Gasteiger partial charge < -0.3 is 10.2 Å². The maximum absolute atomic E-state index is 11.2. The summed E-state index contributed by atoms with van der Waals surface area (Å²) in [5.74, 6) is 1.25. The van der Waals surface area contributed by atoms with E-state index in [1.54, 1.807) is 12.1 Å². The summed E-state index contributed by atoms with van der Waals surface area (Å²) in [6, 6.07) is 6.29. The molecule has 7 heteroatoms. The number of nitrogens with two attached hydrogens (primary N) is 1. The van der Waals surface area contributed by atoms with Crippen molar-refractivity contribution in [2.75, 3.05) is 18.4 Å². The molecule has 2 rings (SSSR count). The number of primary sulfonamides is 1. The number of anilines is 1. The number of hydrogen-bond acceptors (Lipinski definition) is 3. The monoisotopic (exact) mass is 327 g/mol. The first-order valence-electron chi connectivity index (χ1n) is 6.94. The third kappa shape index (κ3) is 4.39. The lowest BCUT2D eigenvalue weighted by Gasteiger charge is -2.36. The Balaban J connectivity index is 2.03. The van der Waals surface area contributed by atoms with Gasteiger partial charge >= 0.3 is 0 Å². The minimum Gasteiger partial charge on any atom is -0.348 e. The lowest BCUT2D eigenvalue weighted by Crippen LogP contribution is -2.44. The van der Waals surface area contributed by atoms with Gasteiger partial charge in [0.15, 0.2) is 5.11 Å². The molecule has 0 aromatic heterocycles. The number of hydrogen-bond donors (Lipinski definition) is 2. The number of likely N-dealkylation sites (tertiary alicyclic amines) is 1. The van der Waals surface area contributed by atoms with Crippen LogP contribution in [0.3, 0.4) is 0 Å². The molecule has 0 amide bonds. The summed E-state index contributed by atoms with van der Waals surface area (Å²) in [5.41, 5.74) is 0.762. The zero-order valence-electron chi connectivity index (χ0n) is 12.2. The van der Waals surface area contributed by atoms with Gasteiger partial charge in [-0.3, -0.25) is 0 Å². The Labute approximate surface area is 131 Å². The van der Waals surface area contributed by atoms with Crippen LogP contribution in [0.4, 0.5) is 5.69 Å². The average Bonchev–Trinajstić information content (AvgIpc) is 2.37. The number of piperidine rings is 1. The Hall–Kier alpha value is -1.18. The van der Waals surface area contributed by atoms with Crippen LogP contribution in [0, 0.1) is 11.8 Å². The van der Waals surface area contributed by atoms with Gasteiger partial charge in [0.05, 0.1) is 4.90 Å². The van der Waals surface area contributed by atoms with Crippen molar-refractivity contribution in [3.63, 3.8) is 0 Å². The van der Waals surface area contributed by atoms with E-state index in [1.165, 1.54) is 18.6 Å². The Morgan fingerprint density at radius 2 is 1.76 bits per heavy atom. The second kappa shape index (κ2) is 6.29. The molecule has 1 aromatic carbocycles. The van der Waals surface area contributed by atoms with Crippen molar-refractivity contribution in [2.45, 2.75) is 25.2 Å². The lowest BCUT2D eigenvalue weighted by molar-refractivity contribution is 0.216. The van der Waals surface area contributed by atoms with E-state index in [-0.39, 0.29) is 4.90 Å². The Morgan fingerprint density at radius 1 is 1.24 bits per heavy atom. The summed E-state index contributed by atoms with van der Waals surface area (Å²) in [5, 5.41) is 8.90. The molecule has 2 unspecified atom stereocenters. The van der Waals surface area contributed by atoms with Crippen LogP contribution in [0.2, 0.25) is 0 Å². The van der Waals surface area contributed by atoms with Crippen molar-refractivity contribution in [3.05, 3.63) is 24.3 Å². The third-order valence-corrected chi connectivity index (χ3v) is 4.88. The van der Waals surface area contributed by atoms with Crippen LogP contribution in [-0.2, 0) is 10.0 Å². The molecule has 1 saturated heterocycles. The summed E-state index contributed by atoms with van der Waals surface area (Å²) < 4.78 is 22.4. The number of thiocarbonyl (C=S) groups is 1. The highest BCUT2D eigenvalue weighted by Gasteiger charge is 2.23. The van der Waals surface area contributed by atoms with Gasteiger partial charge in [-0.25, -0.2) is 13.6 Å². The standard InChI is InChI=1S/C14H21N3O2S2/c1-10-7-11(2)9-17(8-10)14(20)16-12-3-5-13(6-4-12)21(15,18)19/h3-6,10-11H,7-9H2,1-2H3,(H,16,20)(H2,15,18,19). The number of rotatable bonds is 2. The summed E-state index contributed by atoms with van der Waals surface area (Å²) in [6.45, 7) is 6.36. The predicted molar refractivity (Wildman–Crippen MR) is 88.6 cm³/mol. The molecular weight excluding hydrogens is 306 g/mol. The molecule has 0 bridgehead atoms. The van der Waals surface area contributed by atoms with Crippen molar-refractivity contribution in [1.29, 1.82) is 0 Å². The second-order valence-electron chi connectivity index (χ2n) is 5.85. The average molecular weight is 327 g/mol. The quantitative estimate of drug-likeness (QED) is 0.813. The molecule has 1 fully saturated rings. The molecule has 0 spiro atoms. The fourth-order valence-electron chi connectivity index (χ4n) is 2.76. The maximum atomic E-state index is 11.2. The Kier molecular flexibility index (Phi) is 4.85. The van der Waals surface area contributed by atoms with E-state index in [0.717, 1.165) is 18.8 Å². The molecule has 1 aromatic rings. The highest BCUT2D eigenvalue weighted by atomic mass is 32.2. The highest BCUT2D eigenvalue weighted by molar-refractivity contribution is 7.89. The second-order valence-corrected chi connectivity index (χ2v) is 7.80. The van der Waals surface area contributed by atoms with Crippen LogP contribution in [-0.4, -0.2) is 31.5 Å². The summed E-state index contributed by atoms with van der Waals surface area (Å²) in [6.07, 6.45) is 1.22. The van der Waals surface area contributed by atoms with Gasteiger partial charge in [-0.1, -0.05) is 13.8 Å². The van der Waals surface area contributed by atoms with E-state index < -0.39 is 10.0 Å². The van der Waals surface area contributed by atoms with Crippen molar-refractivity contribution in [3.8, 4) is 0 Å². The Morgan fingerprint density at radius 3 is 2.24 bits per heavy atom. The number of nitrogens with one attached hydrogen (secondary N) is 1. The normalized spacial score (nSPS) is 22.9. The van der Waals surface area contributed by atoms with Gasteiger partial charge in [0.2, 0.25) is 10.0 Å². The highest BCUT2D eigenvalue weighted by Crippen LogP contribution is 2.22. The zero-order valence-corrected chi connectivity index (χ0v) is 13.9. The molecule has 0 saturated carbocycles. The van der Waals surface area contributed by atoms with Gasteiger partial charge in [-0.15, -0.1) is 0 Å². The van der Waals surface area contributed by atoms with Crippen LogP contribution in [0.5, 0.6) is 0 Å². The van der Waals surface area contributed by atoms with E-state index in [9.17, 15) is 8.42 Å². The third-order valence-electron chi connectivity index (χ3n) is 3.59. The molecule has 0 aliphatic carbocycles. The minimum absolute atomic E-state index is 0.0965. The van der Waals surface area contributed by atoms with E-state index in [2.05, 4.69) is 24.1 Å². The van der Waals surface area contributed by atoms with Crippen LogP contribution in [0.1, 0.15) is 20.3 Å². The Bertz CT molecular complexity index is 604. The molecule has 1 heterocycles. The molecule has 116 valence electrons. The van der Waals surface area contributed by atoms with E-state index >= 15 is 0 Å². The molecule has 1 aliphatic rings. The van der Waals surface area contributed by atoms with E-state index in [1.807, 2.05) is 0 Å². The topological polar surface area (TPSA) is 75.4 Å². The van der Waals surface area contributed by atoms with Gasteiger partial charge in [0, 0.05) is 18.8 Å². The summed E-state index contributed by atoms with van der Waals surface area (Å²) in [7, 11) is -3.65. The van der Waals surface area contributed by atoms with Crippen LogP contribution in [0.15, 0.2) is 29.2 Å². The fraction of sp³-hybridized carbons (Fsp3) is 0.500. The van der Waals surface area contributed by atoms with E-state index in [4.69, 9.17) is 17.4 Å². The first-order valence-corrected chi connectivity index (χ1v) is 8.90. The molecule has 3 N–H and O–H groups in total. The van der Waals surface area contributed by atoms with Crippen LogP contribution < -0.4 is 10.5 Å². The fourth-order valence-corrected chi connectivity index (χ4v) is 3.54. The van der Waals surface area contributed by atoms with E-state index in [0.29, 0.717) is 16.9 Å². The van der Waals surface area contributed by atoms with Gasteiger partial charge in [-0.05, 0) is 54.7 Å². The molecular formula is C14H21N3O2S2. The predicted octanol–water partition coefficient (Wildman–Crippen LogP) is 2.01. The number of benzene rings is 1. The van der Waals surface area contributed by atoms with Crippen LogP contribution >= 0.6 is 12.2 Å². The first-order chi connectivity index (χ1) is 9.75. The smallest absolute Gasteiger partial charge is 0.238 e. The van der Waals surface area contributed by atoms with Gasteiger partial charge in [-0.2, -0.15) is 0 Å². The molecule has 0 radical (unpaired) electrons. The SMILES string of the molecule is CC1CC(C)CN(C(=S)Nc2ccc(S(N)(=O)=O)cc2)C1. The van der Waals surface area contributed by atoms with Crippen molar-refractivity contribution >= 4 is 33.0 Å². The maximum Gasteiger partial charge on any atom is 0.238 e. The van der Waals surface area contributed by atoms with Crippen LogP contribution in [0.25, 0.3) is 0 Å². The summed E-state index contributed by atoms with van der Waals surface area (Å²) in [4.78, 5) is 2.26. The number of nitrogens with zero attached hydrogens (tertiary/aromatic N) is 1. The van der Waals surface area contributed by atoms with Gasteiger partial charge in [0.25, 0.3) is 0 Å².